The van der Waals surface area contributed by atoms with E-state index in [4.69, 9.17) is 40.6 Å². The van der Waals surface area contributed by atoms with Gasteiger partial charge in [0.2, 0.25) is 0 Å². The molecule has 0 radical (unpaired) electrons. The maximum absolute atomic E-state index is 12.0. The highest BCUT2D eigenvalue weighted by Crippen LogP contribution is 2.29. The average molecular weight is 575 g/mol. The predicted molar refractivity (Wildman–Crippen MR) is 144 cm³/mol. The van der Waals surface area contributed by atoms with Crippen LogP contribution in [0.3, 0.4) is 0 Å². The van der Waals surface area contributed by atoms with E-state index < -0.39 is 54.5 Å². The van der Waals surface area contributed by atoms with Gasteiger partial charge in [0.05, 0.1) is 0 Å². The number of benzene rings is 2. The molecule has 0 aromatic heterocycles. The van der Waals surface area contributed by atoms with E-state index in [0.29, 0.717) is 17.2 Å². The molecule has 13 heteroatoms. The van der Waals surface area contributed by atoms with E-state index in [-0.39, 0.29) is 11.7 Å². The number of hydrogen-bond acceptors (Lipinski definition) is 11. The molecule has 5 atom stereocenters. The third-order valence-corrected chi connectivity index (χ3v) is 5.58. The first kappa shape index (κ1) is 30.3. The van der Waals surface area contributed by atoms with Crippen molar-refractivity contribution >= 4 is 46.9 Å². The molecule has 0 amide bonds. The number of thiocarbonyl (C=S) groups is 1. The molecule has 2 N–H and O–H groups in total. The summed E-state index contributed by atoms with van der Waals surface area (Å²) in [5.74, 6) is -1.49. The molecule has 1 aliphatic heterocycles. The number of anilines is 1. The van der Waals surface area contributed by atoms with Gasteiger partial charge in [-0.3, -0.25) is 19.2 Å². The Hall–Kier alpha value is -4.23. The van der Waals surface area contributed by atoms with E-state index in [9.17, 15) is 19.2 Å². The van der Waals surface area contributed by atoms with E-state index >= 15 is 0 Å². The summed E-state index contributed by atoms with van der Waals surface area (Å²) in [5, 5.41) is 5.94. The maximum Gasteiger partial charge on any atom is 0.303 e. The minimum atomic E-state index is -1.31. The van der Waals surface area contributed by atoms with Gasteiger partial charge in [0, 0.05) is 33.4 Å². The summed E-state index contributed by atoms with van der Waals surface area (Å²) in [6.07, 6.45) is -6.16. The second kappa shape index (κ2) is 14.2. The van der Waals surface area contributed by atoms with Crippen LogP contribution >= 0.6 is 12.2 Å². The van der Waals surface area contributed by atoms with E-state index in [1.807, 2.05) is 30.3 Å². The first-order valence-corrected chi connectivity index (χ1v) is 12.6. The van der Waals surface area contributed by atoms with Crippen molar-refractivity contribution in [2.45, 2.75) is 58.3 Å². The Balaban J connectivity index is 1.79. The largest absolute Gasteiger partial charge is 0.463 e. The monoisotopic (exact) mass is 574 g/mol. The quantitative estimate of drug-likeness (QED) is 0.257. The first-order valence-electron chi connectivity index (χ1n) is 12.2. The number of rotatable bonds is 9. The second-order valence-corrected chi connectivity index (χ2v) is 9.07. The molecule has 12 nitrogen and oxygen atoms in total. The minimum absolute atomic E-state index is 0.0672. The lowest BCUT2D eigenvalue weighted by Gasteiger charge is -2.44. The van der Waals surface area contributed by atoms with E-state index in [1.165, 1.54) is 6.92 Å². The van der Waals surface area contributed by atoms with Crippen LogP contribution in [0.2, 0.25) is 0 Å². The summed E-state index contributed by atoms with van der Waals surface area (Å²) in [7, 11) is 0. The third-order valence-electron chi connectivity index (χ3n) is 5.36. The average Bonchev–Trinajstić information content (AvgIpc) is 2.87. The van der Waals surface area contributed by atoms with Crippen molar-refractivity contribution in [1.82, 2.24) is 5.32 Å². The third kappa shape index (κ3) is 9.20. The molecule has 0 saturated carbocycles. The van der Waals surface area contributed by atoms with Gasteiger partial charge in [-0.1, -0.05) is 18.2 Å². The molecule has 0 spiro atoms. The summed E-state index contributed by atoms with van der Waals surface area (Å²) in [5.41, 5.74) is 0.601. The topological polar surface area (TPSA) is 148 Å². The van der Waals surface area contributed by atoms with Gasteiger partial charge in [-0.25, -0.2) is 0 Å². The van der Waals surface area contributed by atoms with Crippen molar-refractivity contribution in [3.05, 3.63) is 54.6 Å². The van der Waals surface area contributed by atoms with Gasteiger partial charge in [0.1, 0.15) is 24.2 Å². The highest BCUT2D eigenvalue weighted by Gasteiger charge is 2.52. The molecule has 3 rings (SSSR count). The fourth-order valence-electron chi connectivity index (χ4n) is 3.87. The lowest BCUT2D eigenvalue weighted by Crippen LogP contribution is -2.66. The SMILES string of the molecule is CC(=O)OC[C@@H]1O[C@H](NC(=S)Nc2ccc(Oc3ccccc3)cc2)[C@H](OC(C)=O)[C@H](OC(C)=O)[C@@H]1OC(C)=O. The molecule has 2 aromatic rings. The number of esters is 4. The number of ether oxygens (including phenoxy) is 6. The van der Waals surface area contributed by atoms with Crippen molar-refractivity contribution in [3.63, 3.8) is 0 Å². The van der Waals surface area contributed by atoms with Crippen LogP contribution in [0.5, 0.6) is 11.5 Å². The van der Waals surface area contributed by atoms with Gasteiger partial charge in [-0.2, -0.15) is 0 Å². The highest BCUT2D eigenvalue weighted by molar-refractivity contribution is 7.80. The summed E-state index contributed by atoms with van der Waals surface area (Å²) in [6, 6.07) is 16.2. The van der Waals surface area contributed by atoms with Crippen LogP contribution in [0.15, 0.2) is 54.6 Å². The van der Waals surface area contributed by atoms with Crippen LogP contribution in [-0.2, 0) is 42.9 Å². The number of carbonyl (C=O) groups excluding carboxylic acids is 4. The molecule has 1 saturated heterocycles. The summed E-state index contributed by atoms with van der Waals surface area (Å²) < 4.78 is 33.0. The second-order valence-electron chi connectivity index (χ2n) is 8.66. The van der Waals surface area contributed by atoms with Gasteiger partial charge in [0.15, 0.2) is 29.7 Å². The Bertz CT molecular complexity index is 1210. The van der Waals surface area contributed by atoms with Crippen LogP contribution in [-0.4, -0.2) is 66.2 Å². The molecular weight excluding hydrogens is 544 g/mol. The standard InChI is InChI=1S/C27H30N2O10S/c1-15(30)34-14-22-23(35-16(2)31)24(36-17(3)32)25(37-18(4)33)26(39-22)29-27(40)28-19-10-12-21(13-11-19)38-20-8-6-5-7-9-20/h5-13,22-26H,14H2,1-4H3,(H2,28,29,40)/t22-,23+,24+,25+,26-/m0/s1. The van der Waals surface area contributed by atoms with Gasteiger partial charge in [0.25, 0.3) is 0 Å². The van der Waals surface area contributed by atoms with Crippen LogP contribution in [0, 0.1) is 0 Å². The Kier molecular flexibility index (Phi) is 10.8. The zero-order valence-electron chi connectivity index (χ0n) is 22.3. The van der Waals surface area contributed by atoms with Crippen molar-refractivity contribution in [2.24, 2.45) is 0 Å². The molecule has 0 bridgehead atoms. The number of nitrogens with one attached hydrogen (secondary N) is 2. The summed E-state index contributed by atoms with van der Waals surface area (Å²) in [6.45, 7) is 4.29. The molecule has 1 heterocycles. The number of carbonyl (C=O) groups is 4. The van der Waals surface area contributed by atoms with Crippen molar-refractivity contribution in [1.29, 1.82) is 0 Å². The molecule has 40 heavy (non-hydrogen) atoms. The van der Waals surface area contributed by atoms with Crippen LogP contribution in [0.4, 0.5) is 5.69 Å². The van der Waals surface area contributed by atoms with Gasteiger partial charge < -0.3 is 39.1 Å². The van der Waals surface area contributed by atoms with Gasteiger partial charge in [-0.15, -0.1) is 0 Å². The predicted octanol–water partition coefficient (Wildman–Crippen LogP) is 2.85. The summed E-state index contributed by atoms with van der Waals surface area (Å²) >= 11 is 5.44. The summed E-state index contributed by atoms with van der Waals surface area (Å²) in [4.78, 5) is 47.3. The first-order chi connectivity index (χ1) is 19.0. The van der Waals surface area contributed by atoms with E-state index in [2.05, 4.69) is 10.6 Å². The molecular formula is C27H30N2O10S. The van der Waals surface area contributed by atoms with Gasteiger partial charge >= 0.3 is 23.9 Å². The van der Waals surface area contributed by atoms with Crippen molar-refractivity contribution < 1.29 is 47.6 Å². The normalized spacial score (nSPS) is 21.8. The van der Waals surface area contributed by atoms with E-state index in [0.717, 1.165) is 20.8 Å². The highest BCUT2D eigenvalue weighted by atomic mass is 32.1. The van der Waals surface area contributed by atoms with E-state index in [1.54, 1.807) is 24.3 Å². The zero-order chi connectivity index (χ0) is 29.2. The van der Waals surface area contributed by atoms with Gasteiger partial charge in [-0.05, 0) is 48.6 Å². The molecule has 1 fully saturated rings. The smallest absolute Gasteiger partial charge is 0.303 e. The molecule has 0 aliphatic carbocycles. The molecule has 1 aliphatic rings. The lowest BCUT2D eigenvalue weighted by molar-refractivity contribution is -0.254. The van der Waals surface area contributed by atoms with Crippen molar-refractivity contribution in [2.75, 3.05) is 11.9 Å². The fraction of sp³-hybridized carbons (Fsp3) is 0.370. The number of para-hydroxylation sites is 1. The number of hydrogen-bond donors (Lipinski definition) is 2. The molecule has 0 unspecified atom stereocenters. The molecule has 214 valence electrons. The Labute approximate surface area is 236 Å². The Morgan fingerprint density at radius 2 is 1.30 bits per heavy atom. The van der Waals surface area contributed by atoms with Crippen molar-refractivity contribution in [3.8, 4) is 11.5 Å². The Morgan fingerprint density at radius 1 is 0.750 bits per heavy atom. The molecule has 2 aromatic carbocycles. The maximum atomic E-state index is 12.0. The lowest BCUT2D eigenvalue weighted by atomic mass is 9.97. The van der Waals surface area contributed by atoms with Crippen LogP contribution in [0.1, 0.15) is 27.7 Å². The van der Waals surface area contributed by atoms with Crippen LogP contribution < -0.4 is 15.4 Å². The fourth-order valence-corrected chi connectivity index (χ4v) is 4.11. The minimum Gasteiger partial charge on any atom is -0.463 e. The van der Waals surface area contributed by atoms with Crippen LogP contribution in [0.25, 0.3) is 0 Å². The zero-order valence-corrected chi connectivity index (χ0v) is 23.1. The Morgan fingerprint density at radius 3 is 1.88 bits per heavy atom.